The first-order valence-corrected chi connectivity index (χ1v) is 8.23. The van der Waals surface area contributed by atoms with Gasteiger partial charge >= 0.3 is 0 Å². The second-order valence-electron chi connectivity index (χ2n) is 5.60. The van der Waals surface area contributed by atoms with Crippen LogP contribution in [0.4, 0.5) is 10.1 Å². The minimum Gasteiger partial charge on any atom is -0.441 e. The van der Waals surface area contributed by atoms with E-state index in [0.29, 0.717) is 31.0 Å². The van der Waals surface area contributed by atoms with E-state index in [2.05, 4.69) is 4.98 Å². The van der Waals surface area contributed by atoms with Crippen molar-refractivity contribution in [3.63, 3.8) is 0 Å². The summed E-state index contributed by atoms with van der Waals surface area (Å²) >= 11 is 0. The Hall–Kier alpha value is -2.95. The molecule has 0 radical (unpaired) electrons. The van der Waals surface area contributed by atoms with Crippen LogP contribution in [0.3, 0.4) is 0 Å². The van der Waals surface area contributed by atoms with Gasteiger partial charge in [-0.15, -0.1) is 0 Å². The van der Waals surface area contributed by atoms with E-state index in [4.69, 9.17) is 4.42 Å². The molecule has 25 heavy (non-hydrogen) atoms. The van der Waals surface area contributed by atoms with Gasteiger partial charge in [0.25, 0.3) is 0 Å². The Balaban J connectivity index is 1.63. The Labute approximate surface area is 145 Å². The molecule has 0 fully saturated rings. The van der Waals surface area contributed by atoms with Crippen LogP contribution in [0.5, 0.6) is 0 Å². The minimum absolute atomic E-state index is 0.0234. The maximum atomic E-state index is 13.0. The summed E-state index contributed by atoms with van der Waals surface area (Å²) in [5.74, 6) is 0.791. The number of aromatic nitrogens is 1. The lowest BCUT2D eigenvalue weighted by molar-refractivity contribution is -0.118. The number of rotatable bonds is 6. The van der Waals surface area contributed by atoms with Gasteiger partial charge in [-0.05, 0) is 43.3 Å². The number of para-hydroxylation sites is 1. The predicted molar refractivity (Wildman–Crippen MR) is 94.7 cm³/mol. The summed E-state index contributed by atoms with van der Waals surface area (Å²) in [6.45, 7) is 2.55. The first-order valence-electron chi connectivity index (χ1n) is 8.23. The van der Waals surface area contributed by atoms with Crippen LogP contribution >= 0.6 is 0 Å². The number of benzene rings is 2. The number of aryl methyl sites for hydroxylation is 1. The molecule has 0 bridgehead atoms. The number of hydrogen-bond donors (Lipinski definition) is 0. The van der Waals surface area contributed by atoms with Gasteiger partial charge in [0.2, 0.25) is 5.91 Å². The molecule has 0 saturated carbocycles. The van der Waals surface area contributed by atoms with Crippen molar-refractivity contribution in [1.82, 2.24) is 4.98 Å². The molecule has 0 aliphatic carbocycles. The second-order valence-corrected chi connectivity index (χ2v) is 5.60. The molecule has 128 valence electrons. The summed E-state index contributed by atoms with van der Waals surface area (Å²) in [6, 6.07) is 15.6. The molecule has 0 atom stereocenters. The Morgan fingerprint density at radius 3 is 2.52 bits per heavy atom. The van der Waals surface area contributed by atoms with Crippen LogP contribution in [0.2, 0.25) is 0 Å². The average molecular weight is 338 g/mol. The third-order valence-electron chi connectivity index (χ3n) is 3.92. The monoisotopic (exact) mass is 338 g/mol. The zero-order valence-electron chi connectivity index (χ0n) is 14.0. The van der Waals surface area contributed by atoms with Crippen molar-refractivity contribution < 1.29 is 13.6 Å². The molecule has 0 saturated heterocycles. The molecular formula is C20H19FN2O2. The quantitative estimate of drug-likeness (QED) is 0.666. The van der Waals surface area contributed by atoms with Gasteiger partial charge in [-0.1, -0.05) is 18.2 Å². The minimum atomic E-state index is -0.297. The number of hydrogen-bond acceptors (Lipinski definition) is 3. The molecule has 0 unspecified atom stereocenters. The van der Waals surface area contributed by atoms with Crippen molar-refractivity contribution in [3.8, 4) is 11.3 Å². The average Bonchev–Trinajstić information content (AvgIpc) is 3.11. The Kier molecular flexibility index (Phi) is 5.23. The van der Waals surface area contributed by atoms with Crippen LogP contribution in [-0.4, -0.2) is 17.4 Å². The third kappa shape index (κ3) is 4.12. The van der Waals surface area contributed by atoms with Gasteiger partial charge < -0.3 is 9.32 Å². The molecule has 0 aliphatic rings. The highest BCUT2D eigenvalue weighted by Gasteiger charge is 2.15. The fourth-order valence-corrected chi connectivity index (χ4v) is 2.63. The van der Waals surface area contributed by atoms with E-state index in [0.717, 1.165) is 11.3 Å². The molecular weight excluding hydrogens is 319 g/mol. The topological polar surface area (TPSA) is 46.3 Å². The highest BCUT2D eigenvalue weighted by Crippen LogP contribution is 2.21. The first-order chi connectivity index (χ1) is 12.2. The van der Waals surface area contributed by atoms with Gasteiger partial charge in [0.1, 0.15) is 5.82 Å². The molecule has 4 nitrogen and oxygen atoms in total. The van der Waals surface area contributed by atoms with Crippen LogP contribution in [0, 0.1) is 5.82 Å². The number of nitrogens with zero attached hydrogens (tertiary/aromatic N) is 2. The summed E-state index contributed by atoms with van der Waals surface area (Å²) in [6.07, 6.45) is 2.33. The van der Waals surface area contributed by atoms with Crippen molar-refractivity contribution >= 4 is 11.6 Å². The zero-order chi connectivity index (χ0) is 17.6. The molecule has 1 aromatic heterocycles. The van der Waals surface area contributed by atoms with Crippen molar-refractivity contribution in [1.29, 1.82) is 0 Å². The molecule has 1 amide bonds. The van der Waals surface area contributed by atoms with Crippen LogP contribution in [0.25, 0.3) is 11.3 Å². The number of oxazole rings is 1. The maximum Gasteiger partial charge on any atom is 0.227 e. The Morgan fingerprint density at radius 1 is 1.12 bits per heavy atom. The zero-order valence-corrected chi connectivity index (χ0v) is 14.0. The van der Waals surface area contributed by atoms with Crippen LogP contribution in [-0.2, 0) is 11.2 Å². The standard InChI is InChI=1S/C20H19FN2O2/c1-2-23(17-6-4-3-5-7-17)20(24)13-12-19-22-14-18(25-19)15-8-10-16(21)11-9-15/h3-11,14H,2,12-13H2,1H3. The highest BCUT2D eigenvalue weighted by molar-refractivity contribution is 5.93. The van der Waals surface area contributed by atoms with E-state index >= 15 is 0 Å². The van der Waals surface area contributed by atoms with E-state index in [-0.39, 0.29) is 11.7 Å². The number of halogens is 1. The van der Waals surface area contributed by atoms with E-state index in [1.54, 1.807) is 23.2 Å². The predicted octanol–water partition coefficient (Wildman–Crippen LogP) is 4.47. The molecule has 1 heterocycles. The number of amides is 1. The number of carbonyl (C=O) groups is 1. The normalized spacial score (nSPS) is 10.6. The molecule has 0 spiro atoms. The van der Waals surface area contributed by atoms with Gasteiger partial charge in [0.15, 0.2) is 11.7 Å². The van der Waals surface area contributed by atoms with Crippen LogP contribution < -0.4 is 4.90 Å². The van der Waals surface area contributed by atoms with Crippen LogP contribution in [0.1, 0.15) is 19.2 Å². The summed E-state index contributed by atoms with van der Waals surface area (Å²) in [5, 5.41) is 0. The van der Waals surface area contributed by atoms with Crippen molar-refractivity contribution in [2.45, 2.75) is 19.8 Å². The number of anilines is 1. The Morgan fingerprint density at radius 2 is 1.84 bits per heavy atom. The summed E-state index contributed by atoms with van der Waals surface area (Å²) in [4.78, 5) is 18.4. The second kappa shape index (κ2) is 7.75. The smallest absolute Gasteiger partial charge is 0.227 e. The lowest BCUT2D eigenvalue weighted by Gasteiger charge is -2.20. The molecule has 3 rings (SSSR count). The SMILES string of the molecule is CCN(C(=O)CCc1ncc(-c2ccc(F)cc2)o1)c1ccccc1. The van der Waals surface area contributed by atoms with E-state index in [1.807, 2.05) is 37.3 Å². The largest absolute Gasteiger partial charge is 0.441 e. The molecule has 0 aliphatic heterocycles. The van der Waals surface area contributed by atoms with Crippen molar-refractivity contribution in [2.24, 2.45) is 0 Å². The van der Waals surface area contributed by atoms with Gasteiger partial charge in [0, 0.05) is 30.6 Å². The highest BCUT2D eigenvalue weighted by atomic mass is 19.1. The summed E-state index contributed by atoms with van der Waals surface area (Å²) in [5.41, 5.74) is 1.64. The lowest BCUT2D eigenvalue weighted by atomic mass is 10.2. The van der Waals surface area contributed by atoms with Gasteiger partial charge in [0.05, 0.1) is 6.20 Å². The van der Waals surface area contributed by atoms with Crippen molar-refractivity contribution in [2.75, 3.05) is 11.4 Å². The van der Waals surface area contributed by atoms with E-state index in [1.165, 1.54) is 12.1 Å². The summed E-state index contributed by atoms with van der Waals surface area (Å²) < 4.78 is 18.7. The van der Waals surface area contributed by atoms with Gasteiger partial charge in [-0.3, -0.25) is 4.79 Å². The molecule has 3 aromatic rings. The Bertz CT molecular complexity index is 828. The fraction of sp³-hybridized carbons (Fsp3) is 0.200. The molecule has 5 heteroatoms. The van der Waals surface area contributed by atoms with Crippen LogP contribution in [0.15, 0.2) is 65.2 Å². The number of carbonyl (C=O) groups excluding carboxylic acids is 1. The van der Waals surface area contributed by atoms with Gasteiger partial charge in [-0.25, -0.2) is 9.37 Å². The van der Waals surface area contributed by atoms with Crippen molar-refractivity contribution in [3.05, 3.63) is 72.5 Å². The van der Waals surface area contributed by atoms with E-state index in [9.17, 15) is 9.18 Å². The van der Waals surface area contributed by atoms with E-state index < -0.39 is 0 Å². The fourth-order valence-electron chi connectivity index (χ4n) is 2.63. The summed E-state index contributed by atoms with van der Waals surface area (Å²) in [7, 11) is 0. The first kappa shape index (κ1) is 16.9. The van der Waals surface area contributed by atoms with Gasteiger partial charge in [-0.2, -0.15) is 0 Å². The third-order valence-corrected chi connectivity index (χ3v) is 3.92. The maximum absolute atomic E-state index is 13.0. The molecule has 2 aromatic carbocycles. The lowest BCUT2D eigenvalue weighted by Crippen LogP contribution is -2.30. The molecule has 0 N–H and O–H groups in total.